The van der Waals surface area contributed by atoms with Gasteiger partial charge in [-0.2, -0.15) is 0 Å². The summed E-state index contributed by atoms with van der Waals surface area (Å²) in [5, 5.41) is 5.02. The van der Waals surface area contributed by atoms with E-state index >= 15 is 0 Å². The molecule has 1 fully saturated rings. The van der Waals surface area contributed by atoms with Crippen LogP contribution in [0.3, 0.4) is 0 Å². The highest BCUT2D eigenvalue weighted by Crippen LogP contribution is 2.37. The average molecular weight is 588 g/mol. The molecule has 1 heterocycles. The molecule has 1 amide bonds. The minimum atomic E-state index is -0.227. The van der Waals surface area contributed by atoms with E-state index in [2.05, 4.69) is 16.9 Å². The number of halogens is 3. The summed E-state index contributed by atoms with van der Waals surface area (Å²) in [6.07, 6.45) is 4.14. The lowest BCUT2D eigenvalue weighted by Gasteiger charge is -2.17. The van der Waals surface area contributed by atoms with Crippen molar-refractivity contribution in [1.82, 2.24) is 5.32 Å². The Morgan fingerprint density at radius 1 is 1.05 bits per heavy atom. The van der Waals surface area contributed by atoms with Crippen molar-refractivity contribution in [3.63, 3.8) is 0 Å². The molecule has 1 saturated heterocycles. The van der Waals surface area contributed by atoms with Crippen molar-refractivity contribution in [2.24, 2.45) is 4.99 Å². The number of benzene rings is 3. The van der Waals surface area contributed by atoms with Crippen LogP contribution in [-0.4, -0.2) is 17.7 Å². The highest BCUT2D eigenvalue weighted by atomic mass is 35.5. The van der Waals surface area contributed by atoms with Crippen LogP contribution in [0, 0.1) is 6.92 Å². The molecule has 0 bridgehead atoms. The van der Waals surface area contributed by atoms with Crippen LogP contribution in [-0.2, 0) is 17.8 Å². The quantitative estimate of drug-likeness (QED) is 0.201. The van der Waals surface area contributed by atoms with E-state index in [-0.39, 0.29) is 12.5 Å². The zero-order chi connectivity index (χ0) is 27.2. The summed E-state index contributed by atoms with van der Waals surface area (Å²) >= 11 is 19.8. The number of rotatable bonds is 9. The van der Waals surface area contributed by atoms with Crippen LogP contribution in [0.1, 0.15) is 29.2 Å². The largest absolute Gasteiger partial charge is 0.490 e. The molecule has 0 unspecified atom stereocenters. The smallest absolute Gasteiger partial charge is 0.264 e. The normalized spacial score (nSPS) is 15.1. The highest BCUT2D eigenvalue weighted by molar-refractivity contribution is 8.18. The van der Waals surface area contributed by atoms with Gasteiger partial charge in [0.1, 0.15) is 6.61 Å². The number of hydrogen-bond acceptors (Lipinski definition) is 5. The molecular weight excluding hydrogens is 563 g/mol. The van der Waals surface area contributed by atoms with E-state index in [9.17, 15) is 4.79 Å². The number of ether oxygens (including phenoxy) is 2. The van der Waals surface area contributed by atoms with Crippen molar-refractivity contribution in [3.8, 4) is 11.5 Å². The first-order valence-electron chi connectivity index (χ1n) is 11.8. The van der Waals surface area contributed by atoms with Crippen molar-refractivity contribution in [2.75, 3.05) is 6.61 Å². The summed E-state index contributed by atoms with van der Waals surface area (Å²) in [7, 11) is 0. The maximum Gasteiger partial charge on any atom is 0.264 e. The van der Waals surface area contributed by atoms with Crippen LogP contribution < -0.4 is 14.8 Å². The third-order valence-corrected chi connectivity index (χ3v) is 7.52. The van der Waals surface area contributed by atoms with Gasteiger partial charge in [0, 0.05) is 26.2 Å². The molecular formula is C29H25Cl3N2O3S. The molecule has 3 aromatic carbocycles. The third-order valence-electron chi connectivity index (χ3n) is 5.62. The van der Waals surface area contributed by atoms with Crippen LogP contribution in [0.5, 0.6) is 11.5 Å². The summed E-state index contributed by atoms with van der Waals surface area (Å²) in [4.78, 5) is 17.8. The van der Waals surface area contributed by atoms with Gasteiger partial charge < -0.3 is 14.8 Å². The summed E-state index contributed by atoms with van der Waals surface area (Å²) in [5.74, 6) is 0.937. The Hall–Kier alpha value is -2.90. The van der Waals surface area contributed by atoms with Gasteiger partial charge in [-0.3, -0.25) is 4.79 Å². The summed E-state index contributed by atoms with van der Waals surface area (Å²) in [6.45, 7) is 8.35. The van der Waals surface area contributed by atoms with Crippen molar-refractivity contribution >= 4 is 69.4 Å². The Bertz CT molecular complexity index is 1450. The second-order valence-electron chi connectivity index (χ2n) is 8.32. The van der Waals surface area contributed by atoms with Crippen LogP contribution in [0.2, 0.25) is 15.1 Å². The van der Waals surface area contributed by atoms with Crippen molar-refractivity contribution in [3.05, 3.63) is 103 Å². The number of carbonyl (C=O) groups excluding carboxylic acids is 1. The molecule has 0 radical (unpaired) electrons. The summed E-state index contributed by atoms with van der Waals surface area (Å²) in [5.41, 5.74) is 4.01. The molecule has 9 heteroatoms. The van der Waals surface area contributed by atoms with Crippen molar-refractivity contribution < 1.29 is 14.3 Å². The zero-order valence-electron chi connectivity index (χ0n) is 20.8. The molecule has 196 valence electrons. The van der Waals surface area contributed by atoms with Crippen LogP contribution in [0.25, 0.3) is 6.08 Å². The number of aliphatic imine (C=N–C) groups is 1. The molecule has 0 aromatic heterocycles. The standard InChI is InChI=1S/C29H25Cl3N2O3S/c1-4-7-19-12-18(13-25(36-5-2)27(19)37-16-20-10-11-21(30)15-23(20)32)14-26-28(35)34-29(38-26)33-24-9-6-8-22(31)17(24)3/h4,6,8-15H,1,5,7,16H2,2-3H3,(H,33,34,35)/b26-14+. The predicted octanol–water partition coefficient (Wildman–Crippen LogP) is 8.55. The Morgan fingerprint density at radius 2 is 1.87 bits per heavy atom. The highest BCUT2D eigenvalue weighted by Gasteiger charge is 2.25. The lowest BCUT2D eigenvalue weighted by atomic mass is 10.0. The molecule has 0 saturated carbocycles. The van der Waals surface area contributed by atoms with E-state index in [0.29, 0.717) is 55.4 Å². The van der Waals surface area contributed by atoms with Gasteiger partial charge in [0.15, 0.2) is 16.7 Å². The van der Waals surface area contributed by atoms with E-state index in [1.165, 1.54) is 11.8 Å². The van der Waals surface area contributed by atoms with E-state index in [4.69, 9.17) is 44.3 Å². The number of amides is 1. The monoisotopic (exact) mass is 586 g/mol. The number of amidine groups is 1. The minimum Gasteiger partial charge on any atom is -0.490 e. The first-order chi connectivity index (χ1) is 18.3. The van der Waals surface area contributed by atoms with Gasteiger partial charge in [-0.15, -0.1) is 6.58 Å². The number of hydrogen-bond donors (Lipinski definition) is 1. The third kappa shape index (κ3) is 6.75. The lowest BCUT2D eigenvalue weighted by Crippen LogP contribution is -2.19. The summed E-state index contributed by atoms with van der Waals surface area (Å²) in [6, 6.07) is 14.6. The van der Waals surface area contributed by atoms with Gasteiger partial charge in [-0.1, -0.05) is 53.0 Å². The molecule has 0 aliphatic carbocycles. The van der Waals surface area contributed by atoms with E-state index in [1.54, 1.807) is 24.3 Å². The zero-order valence-corrected chi connectivity index (χ0v) is 23.9. The summed E-state index contributed by atoms with van der Waals surface area (Å²) < 4.78 is 12.1. The van der Waals surface area contributed by atoms with Gasteiger partial charge in [0.25, 0.3) is 5.91 Å². The number of nitrogens with one attached hydrogen (secondary N) is 1. The number of thioether (sulfide) groups is 1. The SMILES string of the molecule is C=CCc1cc(/C=C2/SC(=Nc3cccc(Cl)c3C)NC2=O)cc(OCC)c1OCc1ccc(Cl)cc1Cl. The molecule has 1 aliphatic heterocycles. The fourth-order valence-corrected chi connectivity index (χ4v) is 5.22. The Balaban J connectivity index is 1.64. The average Bonchev–Trinajstić information content (AvgIpc) is 3.21. The Morgan fingerprint density at radius 3 is 2.61 bits per heavy atom. The second kappa shape index (κ2) is 12.8. The first kappa shape index (κ1) is 28.1. The Kier molecular flexibility index (Phi) is 9.44. The molecule has 3 aromatic rings. The van der Waals surface area contributed by atoms with Gasteiger partial charge in [-0.25, -0.2) is 4.99 Å². The Labute approximate surface area is 241 Å². The minimum absolute atomic E-state index is 0.227. The molecule has 5 nitrogen and oxygen atoms in total. The molecule has 1 aliphatic rings. The molecule has 0 atom stereocenters. The molecule has 1 N–H and O–H groups in total. The number of carbonyl (C=O) groups is 1. The van der Waals surface area contributed by atoms with Gasteiger partial charge in [0.2, 0.25) is 0 Å². The first-order valence-corrected chi connectivity index (χ1v) is 13.8. The lowest BCUT2D eigenvalue weighted by molar-refractivity contribution is -0.115. The maximum atomic E-state index is 12.7. The predicted molar refractivity (Wildman–Crippen MR) is 159 cm³/mol. The van der Waals surface area contributed by atoms with E-state index in [1.807, 2.05) is 50.3 Å². The number of nitrogens with zero attached hydrogens (tertiary/aromatic N) is 1. The van der Waals surface area contributed by atoms with Gasteiger partial charge >= 0.3 is 0 Å². The van der Waals surface area contributed by atoms with E-state index < -0.39 is 0 Å². The van der Waals surface area contributed by atoms with Gasteiger partial charge in [0.05, 0.1) is 17.2 Å². The molecule has 0 spiro atoms. The fourth-order valence-electron chi connectivity index (χ4n) is 3.75. The van der Waals surface area contributed by atoms with Crippen LogP contribution in [0.4, 0.5) is 5.69 Å². The van der Waals surface area contributed by atoms with Gasteiger partial charge in [-0.05, 0) is 85.6 Å². The number of allylic oxidation sites excluding steroid dienone is 1. The van der Waals surface area contributed by atoms with E-state index in [0.717, 1.165) is 22.3 Å². The second-order valence-corrected chi connectivity index (χ2v) is 10.6. The fraction of sp³-hybridized carbons (Fsp3) is 0.172. The molecule has 4 rings (SSSR count). The van der Waals surface area contributed by atoms with Crippen LogP contribution in [0.15, 0.2) is 71.1 Å². The van der Waals surface area contributed by atoms with Crippen molar-refractivity contribution in [2.45, 2.75) is 26.9 Å². The molecule has 38 heavy (non-hydrogen) atoms. The van der Waals surface area contributed by atoms with Crippen LogP contribution >= 0.6 is 46.6 Å². The maximum absolute atomic E-state index is 12.7. The topological polar surface area (TPSA) is 59.9 Å². The van der Waals surface area contributed by atoms with Crippen molar-refractivity contribution in [1.29, 1.82) is 0 Å².